The summed E-state index contributed by atoms with van der Waals surface area (Å²) in [6.45, 7) is 6.88. The summed E-state index contributed by atoms with van der Waals surface area (Å²) >= 11 is 0. The fourth-order valence-corrected chi connectivity index (χ4v) is 3.79. The Kier molecular flexibility index (Phi) is 8.00. The smallest absolute Gasteiger partial charge is 0.416 e. The lowest BCUT2D eigenvalue weighted by molar-refractivity contribution is -0.137. The Morgan fingerprint density at radius 3 is 2.37 bits per heavy atom. The third kappa shape index (κ3) is 6.75. The second-order valence-corrected chi connectivity index (χ2v) is 7.45. The monoisotopic (exact) mass is 380 g/mol. The minimum atomic E-state index is -4.28. The van der Waals surface area contributed by atoms with Crippen LogP contribution in [0.15, 0.2) is 47.7 Å². The molecule has 1 aliphatic carbocycles. The van der Waals surface area contributed by atoms with Crippen molar-refractivity contribution in [1.82, 2.24) is 0 Å². The molecule has 2 atom stereocenters. The highest BCUT2D eigenvalue weighted by molar-refractivity contribution is 5.24. The van der Waals surface area contributed by atoms with E-state index < -0.39 is 11.7 Å². The quantitative estimate of drug-likeness (QED) is 0.339. The minimum absolute atomic E-state index is 0.463. The van der Waals surface area contributed by atoms with E-state index in [4.69, 9.17) is 4.74 Å². The molecule has 1 saturated carbocycles. The van der Waals surface area contributed by atoms with Crippen LogP contribution in [0.1, 0.15) is 64.0 Å². The summed E-state index contributed by atoms with van der Waals surface area (Å²) in [4.78, 5) is 0. The van der Waals surface area contributed by atoms with E-state index in [0.29, 0.717) is 18.9 Å². The molecule has 1 aromatic rings. The Morgan fingerprint density at radius 1 is 1.11 bits per heavy atom. The van der Waals surface area contributed by atoms with Gasteiger partial charge in [-0.3, -0.25) is 0 Å². The Hall–Kier alpha value is -1.71. The van der Waals surface area contributed by atoms with Gasteiger partial charge in [0.15, 0.2) is 0 Å². The van der Waals surface area contributed by atoms with Gasteiger partial charge >= 0.3 is 6.18 Å². The van der Waals surface area contributed by atoms with Crippen LogP contribution in [0.4, 0.5) is 13.2 Å². The number of ether oxygens (including phenoxy) is 1. The number of hydrogen-bond acceptors (Lipinski definition) is 1. The van der Waals surface area contributed by atoms with E-state index in [-0.39, 0.29) is 0 Å². The van der Waals surface area contributed by atoms with Gasteiger partial charge in [-0.1, -0.05) is 44.1 Å². The van der Waals surface area contributed by atoms with Crippen molar-refractivity contribution in [3.8, 4) is 0 Å². The van der Waals surface area contributed by atoms with Gasteiger partial charge in [0.05, 0.1) is 17.9 Å². The van der Waals surface area contributed by atoms with E-state index >= 15 is 0 Å². The molecule has 1 nitrogen and oxygen atoms in total. The van der Waals surface area contributed by atoms with E-state index in [2.05, 4.69) is 19.9 Å². The zero-order valence-electron chi connectivity index (χ0n) is 16.6. The first-order chi connectivity index (χ1) is 12.8. The lowest BCUT2D eigenvalue weighted by Gasteiger charge is -2.13. The van der Waals surface area contributed by atoms with E-state index in [1.165, 1.54) is 43.4 Å². The Balaban J connectivity index is 1.83. The number of allylic oxidation sites excluding steroid dienone is 4. The van der Waals surface area contributed by atoms with Crippen LogP contribution in [0.2, 0.25) is 0 Å². The Labute approximate surface area is 161 Å². The molecular formula is C23H31F3O. The fourth-order valence-electron chi connectivity index (χ4n) is 3.79. The largest absolute Gasteiger partial charge is 0.498 e. The van der Waals surface area contributed by atoms with Crippen molar-refractivity contribution in [2.24, 2.45) is 11.8 Å². The predicted molar refractivity (Wildman–Crippen MR) is 104 cm³/mol. The zero-order valence-corrected chi connectivity index (χ0v) is 16.6. The number of halogens is 3. The first-order valence-corrected chi connectivity index (χ1v) is 9.99. The van der Waals surface area contributed by atoms with Gasteiger partial charge in [-0.05, 0) is 68.2 Å². The van der Waals surface area contributed by atoms with Gasteiger partial charge in [0.2, 0.25) is 0 Å². The van der Waals surface area contributed by atoms with Crippen LogP contribution >= 0.6 is 0 Å². The van der Waals surface area contributed by atoms with Crippen molar-refractivity contribution >= 4 is 0 Å². The average molecular weight is 380 g/mol. The molecule has 0 saturated heterocycles. The summed E-state index contributed by atoms with van der Waals surface area (Å²) < 4.78 is 43.5. The predicted octanol–water partition coefficient (Wildman–Crippen LogP) is 7.33. The van der Waals surface area contributed by atoms with Gasteiger partial charge in [-0.2, -0.15) is 13.2 Å². The molecule has 1 aromatic carbocycles. The fraction of sp³-hybridized carbons (Fsp3) is 0.565. The zero-order chi connectivity index (χ0) is 19.9. The SMILES string of the molecule is CC/C(=C\C=C(/C)OCCc1ccc(C(F)(F)F)cc1)C1CCC(CC)C1. The van der Waals surface area contributed by atoms with Gasteiger partial charge in [-0.15, -0.1) is 0 Å². The highest BCUT2D eigenvalue weighted by atomic mass is 19.4. The van der Waals surface area contributed by atoms with Crippen molar-refractivity contribution in [1.29, 1.82) is 0 Å². The molecule has 0 amide bonds. The van der Waals surface area contributed by atoms with Gasteiger partial charge < -0.3 is 4.74 Å². The van der Waals surface area contributed by atoms with Crippen molar-refractivity contribution in [2.45, 2.75) is 65.5 Å². The maximum Gasteiger partial charge on any atom is 0.416 e. The Morgan fingerprint density at radius 2 is 1.81 bits per heavy atom. The van der Waals surface area contributed by atoms with Gasteiger partial charge in [0, 0.05) is 6.42 Å². The van der Waals surface area contributed by atoms with Crippen molar-refractivity contribution in [2.75, 3.05) is 6.61 Å². The van der Waals surface area contributed by atoms with Crippen LogP contribution in [0.5, 0.6) is 0 Å². The molecule has 0 aliphatic heterocycles. The molecule has 27 heavy (non-hydrogen) atoms. The second-order valence-electron chi connectivity index (χ2n) is 7.45. The minimum Gasteiger partial charge on any atom is -0.498 e. The molecule has 0 aromatic heterocycles. The van der Waals surface area contributed by atoms with Crippen molar-refractivity contribution in [3.05, 3.63) is 58.9 Å². The molecule has 2 rings (SSSR count). The molecule has 2 unspecified atom stereocenters. The van der Waals surface area contributed by atoms with Gasteiger partial charge in [0.25, 0.3) is 0 Å². The molecule has 4 heteroatoms. The molecule has 0 bridgehead atoms. The normalized spacial score (nSPS) is 21.6. The number of hydrogen-bond donors (Lipinski definition) is 0. The standard InChI is InChI=1S/C23H31F3O/c1-4-18-7-11-21(16-18)20(5-2)10-6-17(3)27-15-14-19-8-12-22(13-9-19)23(24,25)26/h6,8-10,12-13,18,21H,4-5,7,11,14-16H2,1-3H3/b17-6+,20-10+. The maximum atomic E-state index is 12.6. The van der Waals surface area contributed by atoms with E-state index in [0.717, 1.165) is 35.8 Å². The van der Waals surface area contributed by atoms with E-state index in [1.807, 2.05) is 13.0 Å². The van der Waals surface area contributed by atoms with E-state index in [1.54, 1.807) is 0 Å². The lowest BCUT2D eigenvalue weighted by atomic mass is 9.93. The molecule has 1 fully saturated rings. The van der Waals surface area contributed by atoms with Crippen LogP contribution in [0.25, 0.3) is 0 Å². The molecule has 0 heterocycles. The Bertz CT molecular complexity index is 641. The highest BCUT2D eigenvalue weighted by Gasteiger charge is 2.29. The molecule has 0 N–H and O–H groups in total. The summed E-state index contributed by atoms with van der Waals surface area (Å²) in [5.74, 6) is 2.42. The highest BCUT2D eigenvalue weighted by Crippen LogP contribution is 2.38. The van der Waals surface area contributed by atoms with Crippen LogP contribution in [-0.4, -0.2) is 6.61 Å². The average Bonchev–Trinajstić information content (AvgIpc) is 3.11. The first kappa shape index (κ1) is 21.6. The molecule has 150 valence electrons. The molecule has 0 spiro atoms. The maximum absolute atomic E-state index is 12.6. The summed E-state index contributed by atoms with van der Waals surface area (Å²) in [6, 6.07) is 5.29. The summed E-state index contributed by atoms with van der Waals surface area (Å²) in [5, 5.41) is 0. The number of rotatable bonds is 8. The van der Waals surface area contributed by atoms with Crippen molar-refractivity contribution in [3.63, 3.8) is 0 Å². The van der Waals surface area contributed by atoms with Gasteiger partial charge in [-0.25, -0.2) is 0 Å². The lowest BCUT2D eigenvalue weighted by Crippen LogP contribution is -2.05. The van der Waals surface area contributed by atoms with Crippen molar-refractivity contribution < 1.29 is 17.9 Å². The topological polar surface area (TPSA) is 9.23 Å². The first-order valence-electron chi connectivity index (χ1n) is 9.99. The summed E-state index contributed by atoms with van der Waals surface area (Å²) in [7, 11) is 0. The second kappa shape index (κ2) is 10.0. The van der Waals surface area contributed by atoms with Crippen LogP contribution in [-0.2, 0) is 17.3 Å². The van der Waals surface area contributed by atoms with E-state index in [9.17, 15) is 13.2 Å². The summed E-state index contributed by atoms with van der Waals surface area (Å²) in [5.41, 5.74) is 1.73. The third-order valence-corrected chi connectivity index (χ3v) is 5.59. The van der Waals surface area contributed by atoms with Gasteiger partial charge in [0.1, 0.15) is 0 Å². The third-order valence-electron chi connectivity index (χ3n) is 5.59. The molecular weight excluding hydrogens is 349 g/mol. The van der Waals surface area contributed by atoms with Crippen LogP contribution in [0.3, 0.4) is 0 Å². The van der Waals surface area contributed by atoms with Crippen LogP contribution in [0, 0.1) is 11.8 Å². The number of alkyl halides is 3. The summed E-state index contributed by atoms with van der Waals surface area (Å²) in [6.07, 6.45) is 6.82. The number of benzene rings is 1. The molecule has 1 aliphatic rings. The molecule has 0 radical (unpaired) electrons. The van der Waals surface area contributed by atoms with Crippen LogP contribution < -0.4 is 0 Å².